The zero-order valence-corrected chi connectivity index (χ0v) is 24.4. The number of carbonyl (C=O) groups excluding carboxylic acids is 2. The van der Waals surface area contributed by atoms with Crippen LogP contribution in [-0.2, 0) is 4.79 Å². The van der Waals surface area contributed by atoms with Gasteiger partial charge in [-0.05, 0) is 74.2 Å². The van der Waals surface area contributed by atoms with Crippen LogP contribution in [0.1, 0.15) is 55.1 Å². The molecule has 0 saturated carbocycles. The number of thiazole rings is 1. The maximum absolute atomic E-state index is 13.7. The van der Waals surface area contributed by atoms with Crippen molar-refractivity contribution < 1.29 is 33.3 Å². The first-order chi connectivity index (χ1) is 19.7. The number of ether oxygens (including phenoxy) is 3. The molecule has 3 heterocycles. The highest BCUT2D eigenvalue weighted by molar-refractivity contribution is 7.22. The van der Waals surface area contributed by atoms with Crippen LogP contribution in [0.3, 0.4) is 0 Å². The van der Waals surface area contributed by atoms with Crippen molar-refractivity contribution in [1.29, 1.82) is 0 Å². The molecule has 0 fully saturated rings. The average Bonchev–Trinajstić information content (AvgIpc) is 3.64. The fourth-order valence-corrected chi connectivity index (χ4v) is 5.69. The maximum Gasteiger partial charge on any atom is 0.296 e. The van der Waals surface area contributed by atoms with Gasteiger partial charge < -0.3 is 23.7 Å². The van der Waals surface area contributed by atoms with E-state index < -0.39 is 23.5 Å². The van der Waals surface area contributed by atoms with Gasteiger partial charge in [-0.1, -0.05) is 31.3 Å². The monoisotopic (exact) mass is 576 g/mol. The number of aliphatic hydroxyl groups is 1. The zero-order chi connectivity index (χ0) is 29.3. The summed E-state index contributed by atoms with van der Waals surface area (Å²) >= 11 is 1.26. The SMILES string of the molecule is CCOc1ccc2nc(N3C(=O)C(O)=C(C(=O)c4ccc(C)o4)C3c3ccc(OCCC(C)C)c(OC)c3)sc2c1. The second kappa shape index (κ2) is 11.7. The third-order valence-electron chi connectivity index (χ3n) is 6.74. The van der Waals surface area contributed by atoms with Crippen LogP contribution in [0.5, 0.6) is 17.2 Å². The van der Waals surface area contributed by atoms with Gasteiger partial charge in [0.1, 0.15) is 11.5 Å². The number of rotatable bonds is 11. The lowest BCUT2D eigenvalue weighted by Gasteiger charge is -2.25. The molecule has 1 amide bonds. The summed E-state index contributed by atoms with van der Waals surface area (Å²) in [5.41, 5.74) is 1.10. The predicted molar refractivity (Wildman–Crippen MR) is 156 cm³/mol. The largest absolute Gasteiger partial charge is 0.503 e. The van der Waals surface area contributed by atoms with E-state index in [1.165, 1.54) is 29.4 Å². The van der Waals surface area contributed by atoms with Gasteiger partial charge in [0.15, 0.2) is 28.1 Å². The predicted octanol–water partition coefficient (Wildman–Crippen LogP) is 6.81. The number of furan rings is 1. The quantitative estimate of drug-likeness (QED) is 0.194. The van der Waals surface area contributed by atoms with Crippen LogP contribution in [-0.4, -0.2) is 42.1 Å². The minimum Gasteiger partial charge on any atom is -0.503 e. The van der Waals surface area contributed by atoms with Gasteiger partial charge in [0.2, 0.25) is 5.78 Å². The summed E-state index contributed by atoms with van der Waals surface area (Å²) in [6.45, 7) is 8.88. The second-order valence-corrected chi connectivity index (χ2v) is 11.1. The first-order valence-corrected chi connectivity index (χ1v) is 14.2. The zero-order valence-electron chi connectivity index (χ0n) is 23.6. The fourth-order valence-electron chi connectivity index (χ4n) is 4.67. The van der Waals surface area contributed by atoms with Crippen molar-refractivity contribution in [3.05, 3.63) is 76.9 Å². The van der Waals surface area contributed by atoms with Gasteiger partial charge in [-0.25, -0.2) is 4.98 Å². The molecule has 1 unspecified atom stereocenters. The van der Waals surface area contributed by atoms with E-state index in [-0.39, 0.29) is 11.3 Å². The molecule has 10 heteroatoms. The van der Waals surface area contributed by atoms with Gasteiger partial charge in [-0.2, -0.15) is 0 Å². The van der Waals surface area contributed by atoms with Crippen molar-refractivity contribution >= 4 is 38.4 Å². The number of hydrogen-bond donors (Lipinski definition) is 1. The Balaban J connectivity index is 1.61. The third kappa shape index (κ3) is 5.52. The number of aliphatic hydroxyl groups excluding tert-OH is 1. The number of aryl methyl sites for hydroxylation is 1. The Kier molecular flexibility index (Phi) is 8.03. The maximum atomic E-state index is 13.7. The van der Waals surface area contributed by atoms with E-state index in [0.29, 0.717) is 58.4 Å². The number of carbonyl (C=O) groups is 2. The van der Waals surface area contributed by atoms with Crippen molar-refractivity contribution in [2.75, 3.05) is 25.2 Å². The lowest BCUT2D eigenvalue weighted by molar-refractivity contribution is -0.117. The Bertz CT molecular complexity index is 1630. The highest BCUT2D eigenvalue weighted by atomic mass is 32.1. The molecule has 0 bridgehead atoms. The normalized spacial score (nSPS) is 15.3. The Hall–Kier alpha value is -4.31. The van der Waals surface area contributed by atoms with Gasteiger partial charge in [0, 0.05) is 0 Å². The van der Waals surface area contributed by atoms with E-state index in [2.05, 4.69) is 18.8 Å². The lowest BCUT2D eigenvalue weighted by atomic mass is 9.95. The standard InChI is InChI=1S/C31H32N2O7S/c1-6-38-20-9-10-21-25(16-20)41-31(32-21)33-27(19-8-12-22(24(15-19)37-5)39-14-13-17(2)3)26(29(35)30(33)36)28(34)23-11-7-18(4)40-23/h7-12,15-17,27,35H,6,13-14H2,1-5H3. The van der Waals surface area contributed by atoms with Crippen LogP contribution in [0.15, 0.2) is 64.3 Å². The highest BCUT2D eigenvalue weighted by Gasteiger charge is 2.46. The van der Waals surface area contributed by atoms with Crippen molar-refractivity contribution in [2.45, 2.75) is 40.2 Å². The molecule has 0 radical (unpaired) electrons. The molecule has 5 rings (SSSR count). The Morgan fingerprint density at radius 3 is 2.61 bits per heavy atom. The van der Waals surface area contributed by atoms with Crippen molar-refractivity contribution in [3.63, 3.8) is 0 Å². The van der Waals surface area contributed by atoms with Gasteiger partial charge >= 0.3 is 0 Å². The van der Waals surface area contributed by atoms with Crippen molar-refractivity contribution in [1.82, 2.24) is 4.98 Å². The molecule has 41 heavy (non-hydrogen) atoms. The van der Waals surface area contributed by atoms with Crippen molar-refractivity contribution in [2.24, 2.45) is 5.92 Å². The van der Waals surface area contributed by atoms with Crippen LogP contribution in [0.4, 0.5) is 5.13 Å². The minimum atomic E-state index is -0.994. The summed E-state index contributed by atoms with van der Waals surface area (Å²) in [6.07, 6.45) is 0.871. The summed E-state index contributed by atoms with van der Waals surface area (Å²) in [4.78, 5) is 33.4. The van der Waals surface area contributed by atoms with Crippen LogP contribution >= 0.6 is 11.3 Å². The van der Waals surface area contributed by atoms with E-state index >= 15 is 0 Å². The Labute approximate surface area is 242 Å². The summed E-state index contributed by atoms with van der Waals surface area (Å²) in [6, 6.07) is 12.9. The molecule has 214 valence electrons. The van der Waals surface area contributed by atoms with Crippen molar-refractivity contribution in [3.8, 4) is 17.2 Å². The fraction of sp³-hybridized carbons (Fsp3) is 0.323. The second-order valence-electron chi connectivity index (χ2n) is 10.1. The number of aromatic nitrogens is 1. The summed E-state index contributed by atoms with van der Waals surface area (Å²) in [7, 11) is 1.53. The molecule has 1 aliphatic heterocycles. The molecule has 2 aromatic heterocycles. The van der Waals surface area contributed by atoms with Crippen LogP contribution in [0.25, 0.3) is 10.2 Å². The summed E-state index contributed by atoms with van der Waals surface area (Å²) in [5.74, 6) is 0.720. The molecule has 2 aromatic carbocycles. The van der Waals surface area contributed by atoms with Gasteiger partial charge in [0.25, 0.3) is 5.91 Å². The number of Topliss-reactive ketones (excluding diaryl/α,β-unsaturated/α-hetero) is 1. The summed E-state index contributed by atoms with van der Waals surface area (Å²) in [5, 5.41) is 11.4. The molecule has 0 aliphatic carbocycles. The molecule has 0 saturated heterocycles. The van der Waals surface area contributed by atoms with E-state index in [4.69, 9.17) is 18.6 Å². The molecular weight excluding hydrogens is 544 g/mol. The first kappa shape index (κ1) is 28.2. The number of nitrogens with zero attached hydrogens (tertiary/aromatic N) is 2. The molecule has 1 N–H and O–H groups in total. The molecule has 9 nitrogen and oxygen atoms in total. The first-order valence-electron chi connectivity index (χ1n) is 13.4. The Morgan fingerprint density at radius 2 is 1.93 bits per heavy atom. The molecule has 1 aliphatic rings. The van der Waals surface area contributed by atoms with Gasteiger partial charge in [0.05, 0.1) is 42.2 Å². The van der Waals surface area contributed by atoms with E-state index in [1.54, 1.807) is 31.2 Å². The van der Waals surface area contributed by atoms with E-state index in [0.717, 1.165) is 11.1 Å². The molecular formula is C31H32N2O7S. The number of amides is 1. The Morgan fingerprint density at radius 1 is 1.12 bits per heavy atom. The third-order valence-corrected chi connectivity index (χ3v) is 7.76. The number of hydrogen-bond acceptors (Lipinski definition) is 9. The highest BCUT2D eigenvalue weighted by Crippen LogP contribution is 2.46. The minimum absolute atomic E-state index is 0.0231. The number of ketones is 1. The lowest BCUT2D eigenvalue weighted by Crippen LogP contribution is -2.31. The van der Waals surface area contributed by atoms with E-state index in [1.807, 2.05) is 25.1 Å². The van der Waals surface area contributed by atoms with Crippen LogP contribution in [0.2, 0.25) is 0 Å². The number of methoxy groups -OCH3 is 1. The van der Waals surface area contributed by atoms with E-state index in [9.17, 15) is 14.7 Å². The van der Waals surface area contributed by atoms with Gasteiger partial charge in [-0.15, -0.1) is 0 Å². The average molecular weight is 577 g/mol. The topological polar surface area (TPSA) is 111 Å². The molecule has 1 atom stereocenters. The summed E-state index contributed by atoms with van der Waals surface area (Å²) < 4.78 is 23.6. The number of fused-ring (bicyclic) bond motifs is 1. The number of benzene rings is 2. The molecule has 0 spiro atoms. The van der Waals surface area contributed by atoms with Crippen LogP contribution < -0.4 is 19.1 Å². The smallest absolute Gasteiger partial charge is 0.296 e. The van der Waals surface area contributed by atoms with Crippen LogP contribution in [0, 0.1) is 12.8 Å². The van der Waals surface area contributed by atoms with Gasteiger partial charge in [-0.3, -0.25) is 14.5 Å². The number of anilines is 1. The molecule has 4 aromatic rings.